The highest BCUT2D eigenvalue weighted by molar-refractivity contribution is 5.26. The Morgan fingerprint density at radius 2 is 1.94 bits per heavy atom. The van der Waals surface area contributed by atoms with E-state index in [4.69, 9.17) is 4.74 Å². The summed E-state index contributed by atoms with van der Waals surface area (Å²) in [4.78, 5) is 0. The van der Waals surface area contributed by atoms with Crippen LogP contribution in [0.25, 0.3) is 0 Å². The van der Waals surface area contributed by atoms with E-state index in [0.717, 1.165) is 6.42 Å². The third kappa shape index (κ3) is 3.58. The SMILES string of the molecule is Cc1ccc(COC2C=C(C(C)C)C=CC2)cc1. The van der Waals surface area contributed by atoms with Gasteiger partial charge in [0, 0.05) is 0 Å². The monoisotopic (exact) mass is 242 g/mol. The first kappa shape index (κ1) is 13.1. The van der Waals surface area contributed by atoms with Crippen molar-refractivity contribution in [3.63, 3.8) is 0 Å². The van der Waals surface area contributed by atoms with Gasteiger partial charge < -0.3 is 4.74 Å². The van der Waals surface area contributed by atoms with Crippen LogP contribution in [0.2, 0.25) is 0 Å². The molecule has 1 heteroatoms. The summed E-state index contributed by atoms with van der Waals surface area (Å²) in [5, 5.41) is 0. The van der Waals surface area contributed by atoms with Crippen molar-refractivity contribution in [2.45, 2.75) is 39.9 Å². The minimum absolute atomic E-state index is 0.230. The molecule has 1 aromatic rings. The molecular formula is C17H22O. The highest BCUT2D eigenvalue weighted by atomic mass is 16.5. The average molecular weight is 242 g/mol. The molecular weight excluding hydrogens is 220 g/mol. The molecule has 0 fully saturated rings. The van der Waals surface area contributed by atoms with Crippen LogP contribution in [0.15, 0.2) is 48.1 Å². The number of aryl methyl sites for hydroxylation is 1. The molecule has 0 radical (unpaired) electrons. The summed E-state index contributed by atoms with van der Waals surface area (Å²) >= 11 is 0. The van der Waals surface area contributed by atoms with Crippen LogP contribution < -0.4 is 0 Å². The fraction of sp³-hybridized carbons (Fsp3) is 0.412. The zero-order valence-corrected chi connectivity index (χ0v) is 11.5. The largest absolute Gasteiger partial charge is 0.369 e. The Hall–Kier alpha value is -1.34. The van der Waals surface area contributed by atoms with Crippen molar-refractivity contribution in [1.82, 2.24) is 0 Å². The number of rotatable bonds is 4. The van der Waals surface area contributed by atoms with Gasteiger partial charge in [0.15, 0.2) is 0 Å². The molecule has 0 amide bonds. The van der Waals surface area contributed by atoms with Gasteiger partial charge in [0.2, 0.25) is 0 Å². The third-order valence-electron chi connectivity index (χ3n) is 3.31. The predicted octanol–water partition coefficient (Wildman–Crippen LogP) is 4.42. The van der Waals surface area contributed by atoms with Gasteiger partial charge in [-0.3, -0.25) is 0 Å². The maximum absolute atomic E-state index is 5.96. The Morgan fingerprint density at radius 3 is 2.61 bits per heavy atom. The first-order valence-electron chi connectivity index (χ1n) is 6.70. The molecule has 1 nitrogen and oxygen atoms in total. The minimum Gasteiger partial charge on any atom is -0.369 e. The summed E-state index contributed by atoms with van der Waals surface area (Å²) < 4.78 is 5.96. The molecule has 0 saturated carbocycles. The molecule has 96 valence electrons. The number of hydrogen-bond donors (Lipinski definition) is 0. The zero-order chi connectivity index (χ0) is 13.0. The van der Waals surface area contributed by atoms with Crippen LogP contribution in [0.4, 0.5) is 0 Å². The van der Waals surface area contributed by atoms with Crippen molar-refractivity contribution in [1.29, 1.82) is 0 Å². The van der Waals surface area contributed by atoms with Crippen LogP contribution in [0.3, 0.4) is 0 Å². The summed E-state index contributed by atoms with van der Waals surface area (Å²) in [6, 6.07) is 8.55. The first-order valence-corrected chi connectivity index (χ1v) is 6.70. The van der Waals surface area contributed by atoms with Gasteiger partial charge in [0.05, 0.1) is 12.7 Å². The van der Waals surface area contributed by atoms with Crippen molar-refractivity contribution in [2.24, 2.45) is 5.92 Å². The van der Waals surface area contributed by atoms with E-state index >= 15 is 0 Å². The highest BCUT2D eigenvalue weighted by Gasteiger charge is 2.11. The molecule has 1 atom stereocenters. The fourth-order valence-electron chi connectivity index (χ4n) is 2.07. The van der Waals surface area contributed by atoms with Crippen LogP contribution in [0, 0.1) is 12.8 Å². The van der Waals surface area contributed by atoms with Crippen molar-refractivity contribution >= 4 is 0 Å². The molecule has 0 saturated heterocycles. The van der Waals surface area contributed by atoms with Crippen LogP contribution in [0.1, 0.15) is 31.4 Å². The number of benzene rings is 1. The molecule has 0 aliphatic heterocycles. The molecule has 2 rings (SSSR count). The number of hydrogen-bond acceptors (Lipinski definition) is 1. The van der Waals surface area contributed by atoms with Crippen molar-refractivity contribution < 1.29 is 4.74 Å². The third-order valence-corrected chi connectivity index (χ3v) is 3.31. The Morgan fingerprint density at radius 1 is 1.22 bits per heavy atom. The average Bonchev–Trinajstić information content (AvgIpc) is 2.38. The van der Waals surface area contributed by atoms with Gasteiger partial charge in [0.1, 0.15) is 0 Å². The van der Waals surface area contributed by atoms with E-state index in [-0.39, 0.29) is 6.10 Å². The second kappa shape index (κ2) is 6.01. The molecule has 1 aromatic carbocycles. The normalized spacial score (nSPS) is 19.1. The lowest BCUT2D eigenvalue weighted by Crippen LogP contribution is -2.13. The maximum atomic E-state index is 5.96. The quantitative estimate of drug-likeness (QED) is 0.759. The van der Waals surface area contributed by atoms with E-state index in [1.807, 2.05) is 0 Å². The van der Waals surface area contributed by atoms with E-state index in [0.29, 0.717) is 12.5 Å². The van der Waals surface area contributed by atoms with Gasteiger partial charge in [-0.1, -0.05) is 61.9 Å². The minimum atomic E-state index is 0.230. The maximum Gasteiger partial charge on any atom is 0.0800 e. The van der Waals surface area contributed by atoms with E-state index in [9.17, 15) is 0 Å². The summed E-state index contributed by atoms with van der Waals surface area (Å²) in [6.45, 7) is 7.24. The van der Waals surface area contributed by atoms with Crippen LogP contribution in [0.5, 0.6) is 0 Å². The molecule has 1 aliphatic carbocycles. The van der Waals surface area contributed by atoms with Crippen LogP contribution in [-0.4, -0.2) is 6.10 Å². The van der Waals surface area contributed by atoms with Gasteiger partial charge in [0.25, 0.3) is 0 Å². The lowest BCUT2D eigenvalue weighted by atomic mass is 9.96. The summed E-state index contributed by atoms with van der Waals surface area (Å²) in [6.07, 6.45) is 7.92. The van der Waals surface area contributed by atoms with Crippen LogP contribution in [-0.2, 0) is 11.3 Å². The number of ether oxygens (including phenoxy) is 1. The molecule has 1 unspecified atom stereocenters. The summed E-state index contributed by atoms with van der Waals surface area (Å²) in [5.74, 6) is 0.576. The second-order valence-corrected chi connectivity index (χ2v) is 5.29. The smallest absolute Gasteiger partial charge is 0.0800 e. The topological polar surface area (TPSA) is 9.23 Å². The van der Waals surface area contributed by atoms with E-state index in [1.54, 1.807) is 0 Å². The predicted molar refractivity (Wildman–Crippen MR) is 76.4 cm³/mol. The Balaban J connectivity index is 1.91. The molecule has 0 heterocycles. The fourth-order valence-corrected chi connectivity index (χ4v) is 2.07. The molecule has 0 bridgehead atoms. The molecule has 0 N–H and O–H groups in total. The standard InChI is InChI=1S/C17H22O/c1-13(2)16-5-4-6-17(11-16)18-12-15-9-7-14(3)8-10-15/h4-5,7-11,13,17H,6,12H2,1-3H3. The summed E-state index contributed by atoms with van der Waals surface area (Å²) in [7, 11) is 0. The van der Waals surface area contributed by atoms with Gasteiger partial charge in [-0.25, -0.2) is 0 Å². The zero-order valence-electron chi connectivity index (χ0n) is 11.5. The highest BCUT2D eigenvalue weighted by Crippen LogP contribution is 2.20. The first-order chi connectivity index (χ1) is 8.65. The van der Waals surface area contributed by atoms with Gasteiger partial charge in [-0.15, -0.1) is 0 Å². The lowest BCUT2D eigenvalue weighted by Gasteiger charge is -2.19. The Kier molecular flexibility index (Phi) is 4.38. The van der Waals surface area contributed by atoms with E-state index in [1.165, 1.54) is 16.7 Å². The van der Waals surface area contributed by atoms with E-state index < -0.39 is 0 Å². The molecule has 0 aromatic heterocycles. The molecule has 18 heavy (non-hydrogen) atoms. The Bertz CT molecular complexity index is 437. The van der Waals surface area contributed by atoms with Crippen molar-refractivity contribution in [3.05, 3.63) is 59.2 Å². The van der Waals surface area contributed by atoms with Gasteiger partial charge in [-0.05, 0) is 30.4 Å². The van der Waals surface area contributed by atoms with Crippen molar-refractivity contribution in [2.75, 3.05) is 0 Å². The molecule has 0 spiro atoms. The number of allylic oxidation sites excluding steroid dienone is 2. The van der Waals surface area contributed by atoms with Crippen LogP contribution >= 0.6 is 0 Å². The second-order valence-electron chi connectivity index (χ2n) is 5.29. The Labute approximate surface area is 110 Å². The van der Waals surface area contributed by atoms with Crippen molar-refractivity contribution in [3.8, 4) is 0 Å². The summed E-state index contributed by atoms with van der Waals surface area (Å²) in [5.41, 5.74) is 3.92. The lowest BCUT2D eigenvalue weighted by molar-refractivity contribution is 0.0724. The van der Waals surface area contributed by atoms with Gasteiger partial charge >= 0.3 is 0 Å². The van der Waals surface area contributed by atoms with Gasteiger partial charge in [-0.2, -0.15) is 0 Å². The van der Waals surface area contributed by atoms with E-state index in [2.05, 4.69) is 63.3 Å². The molecule has 1 aliphatic rings.